The van der Waals surface area contributed by atoms with E-state index in [0.717, 1.165) is 59.3 Å². The van der Waals surface area contributed by atoms with Crippen molar-refractivity contribution in [3.63, 3.8) is 0 Å². The zero-order chi connectivity index (χ0) is 29.3. The first-order valence-corrected chi connectivity index (χ1v) is 14.7. The van der Waals surface area contributed by atoms with E-state index in [1.807, 2.05) is 73.8 Å². The van der Waals surface area contributed by atoms with E-state index in [1.165, 1.54) is 0 Å². The smallest absolute Gasteiger partial charge is 0.324 e. The summed E-state index contributed by atoms with van der Waals surface area (Å²) < 4.78 is 13.7. The number of hydrogen-bond acceptors (Lipinski definition) is 8. The summed E-state index contributed by atoms with van der Waals surface area (Å²) in [6.07, 6.45) is 1.99. The maximum atomic E-state index is 12.7. The first-order valence-electron chi connectivity index (χ1n) is 13.9. The van der Waals surface area contributed by atoms with Crippen molar-refractivity contribution in [2.24, 2.45) is 0 Å². The number of rotatable bonds is 7. The molecule has 6 rings (SSSR count). The summed E-state index contributed by atoms with van der Waals surface area (Å²) in [4.78, 5) is 33.1. The number of thiazole rings is 1. The Labute approximate surface area is 246 Å². The van der Waals surface area contributed by atoms with Gasteiger partial charge < -0.3 is 19.9 Å². The molecule has 11 nitrogen and oxygen atoms in total. The Kier molecular flexibility index (Phi) is 7.67. The van der Waals surface area contributed by atoms with Crippen LogP contribution in [0.4, 0.5) is 16.3 Å². The van der Waals surface area contributed by atoms with E-state index in [2.05, 4.69) is 26.0 Å². The van der Waals surface area contributed by atoms with Gasteiger partial charge in [-0.3, -0.25) is 19.4 Å². The molecule has 0 spiro atoms. The molecule has 0 radical (unpaired) electrons. The summed E-state index contributed by atoms with van der Waals surface area (Å²) in [6.45, 7) is 10.8. The lowest BCUT2D eigenvalue weighted by Crippen LogP contribution is -2.41. The van der Waals surface area contributed by atoms with E-state index < -0.39 is 6.03 Å². The summed E-state index contributed by atoms with van der Waals surface area (Å²) in [7, 11) is 0. The largest absolute Gasteiger partial charge is 0.379 e. The Morgan fingerprint density at radius 1 is 1.02 bits per heavy atom. The van der Waals surface area contributed by atoms with E-state index in [9.17, 15) is 9.59 Å². The zero-order valence-corrected chi connectivity index (χ0v) is 24.6. The van der Waals surface area contributed by atoms with Crippen molar-refractivity contribution in [3.8, 4) is 11.3 Å². The van der Waals surface area contributed by atoms with Crippen LogP contribution < -0.4 is 16.0 Å². The van der Waals surface area contributed by atoms with Crippen molar-refractivity contribution in [3.05, 3.63) is 66.1 Å². The van der Waals surface area contributed by atoms with Crippen LogP contribution in [0, 0.1) is 0 Å². The molecule has 0 atom stereocenters. The van der Waals surface area contributed by atoms with Crippen molar-refractivity contribution < 1.29 is 18.8 Å². The van der Waals surface area contributed by atoms with Gasteiger partial charge in [0.15, 0.2) is 10.8 Å². The first kappa shape index (κ1) is 27.9. The van der Waals surface area contributed by atoms with Gasteiger partial charge in [0.1, 0.15) is 5.76 Å². The number of amides is 3. The molecule has 0 aliphatic carbocycles. The fraction of sp³-hybridized carbons (Fsp3) is 0.333. The van der Waals surface area contributed by atoms with Gasteiger partial charge in [-0.1, -0.05) is 49.4 Å². The molecule has 1 fully saturated rings. The Balaban J connectivity index is 1.08. The molecule has 12 heteroatoms. The fourth-order valence-corrected chi connectivity index (χ4v) is 5.77. The number of morpholine rings is 1. The lowest BCUT2D eigenvalue weighted by molar-refractivity contribution is 0.0383. The molecule has 42 heavy (non-hydrogen) atoms. The van der Waals surface area contributed by atoms with Crippen LogP contribution in [-0.2, 0) is 10.2 Å². The number of carbonyl (C=O) groups is 2. The molecule has 1 aliphatic rings. The van der Waals surface area contributed by atoms with Gasteiger partial charge in [-0.25, -0.2) is 9.78 Å². The van der Waals surface area contributed by atoms with E-state index in [0.29, 0.717) is 29.4 Å². The highest BCUT2D eigenvalue weighted by molar-refractivity contribution is 7.23. The van der Waals surface area contributed by atoms with Crippen LogP contribution in [0.2, 0.25) is 0 Å². The van der Waals surface area contributed by atoms with Gasteiger partial charge in [-0.15, -0.1) is 0 Å². The van der Waals surface area contributed by atoms with Crippen LogP contribution in [0.25, 0.3) is 26.4 Å². The minimum absolute atomic E-state index is 0.0741. The van der Waals surface area contributed by atoms with Crippen LogP contribution in [0.1, 0.15) is 36.9 Å². The highest BCUT2D eigenvalue weighted by Gasteiger charge is 2.20. The van der Waals surface area contributed by atoms with E-state index in [4.69, 9.17) is 14.2 Å². The highest BCUT2D eigenvalue weighted by Crippen LogP contribution is 2.31. The number of aromatic nitrogens is 3. The van der Waals surface area contributed by atoms with Crippen LogP contribution in [0.5, 0.6) is 0 Å². The van der Waals surface area contributed by atoms with E-state index in [1.54, 1.807) is 17.4 Å². The number of benzene rings is 2. The summed E-state index contributed by atoms with van der Waals surface area (Å²) >= 11 is 1.54. The maximum absolute atomic E-state index is 12.7. The number of fused-ring (bicyclic) bond motifs is 3. The fourth-order valence-electron chi connectivity index (χ4n) is 4.73. The van der Waals surface area contributed by atoms with Gasteiger partial charge in [0, 0.05) is 60.7 Å². The number of anilines is 2. The number of ether oxygens (including phenoxy) is 1. The number of carbonyl (C=O) groups excluding carboxylic acids is 2. The molecule has 3 N–H and O–H groups in total. The number of nitrogens with zero attached hydrogens (tertiary/aromatic N) is 4. The SMILES string of the molecule is CC(C)(C)c1cc(NC(=O)Nc2ccc(-c3cn4c(n3)sc3cc(C(=O)NCCN5CCOCC5)ccc34)cc2)no1. The molecule has 2 aromatic carbocycles. The standard InChI is InChI=1S/C30H33N7O4S/c1-30(2,3)25-17-26(35-41-25)34-28(39)32-21-7-4-19(5-8-21)22-18-37-23-9-6-20(16-24(23)42-29(37)33-22)27(38)31-10-11-36-12-14-40-15-13-36/h4-9,16-18H,10-15H2,1-3H3,(H,31,38)(H2,32,34,35,39). The van der Waals surface area contributed by atoms with E-state index >= 15 is 0 Å². The first-order chi connectivity index (χ1) is 20.2. The van der Waals surface area contributed by atoms with Crippen LogP contribution in [-0.4, -0.2) is 70.8 Å². The molecule has 4 heterocycles. The Bertz CT molecular complexity index is 1730. The van der Waals surface area contributed by atoms with Crippen molar-refractivity contribution in [1.82, 2.24) is 24.8 Å². The Morgan fingerprint density at radius 3 is 2.55 bits per heavy atom. The maximum Gasteiger partial charge on any atom is 0.324 e. The van der Waals surface area contributed by atoms with Crippen LogP contribution in [0.3, 0.4) is 0 Å². The number of hydrogen-bond donors (Lipinski definition) is 3. The highest BCUT2D eigenvalue weighted by atomic mass is 32.1. The predicted octanol–water partition coefficient (Wildman–Crippen LogP) is 5.21. The lowest BCUT2D eigenvalue weighted by atomic mass is 9.93. The topological polar surface area (TPSA) is 126 Å². The average molecular weight is 588 g/mol. The van der Waals surface area contributed by atoms with Gasteiger partial charge in [0.25, 0.3) is 5.91 Å². The van der Waals surface area contributed by atoms with Crippen molar-refractivity contribution in [1.29, 1.82) is 0 Å². The molecule has 1 aliphatic heterocycles. The third-order valence-electron chi connectivity index (χ3n) is 7.10. The van der Waals surface area contributed by atoms with Gasteiger partial charge >= 0.3 is 6.03 Å². The third kappa shape index (κ3) is 6.15. The van der Waals surface area contributed by atoms with Crippen molar-refractivity contribution in [2.75, 3.05) is 50.0 Å². The van der Waals surface area contributed by atoms with E-state index in [-0.39, 0.29) is 11.3 Å². The third-order valence-corrected chi connectivity index (χ3v) is 8.12. The zero-order valence-electron chi connectivity index (χ0n) is 23.8. The molecular weight excluding hydrogens is 554 g/mol. The van der Waals surface area contributed by atoms with Crippen molar-refractivity contribution >= 4 is 50.0 Å². The molecule has 0 bridgehead atoms. The minimum atomic E-state index is -0.407. The van der Waals surface area contributed by atoms with Gasteiger partial charge in [0.2, 0.25) is 0 Å². The average Bonchev–Trinajstić information content (AvgIpc) is 3.69. The summed E-state index contributed by atoms with van der Waals surface area (Å²) in [6, 6.07) is 14.5. The lowest BCUT2D eigenvalue weighted by Gasteiger charge is -2.26. The number of nitrogens with one attached hydrogen (secondary N) is 3. The van der Waals surface area contributed by atoms with Crippen LogP contribution >= 0.6 is 11.3 Å². The molecule has 0 unspecified atom stereocenters. The molecular formula is C30H33N7O4S. The Morgan fingerprint density at radius 2 is 1.81 bits per heavy atom. The Hall–Kier alpha value is -4.26. The molecule has 0 saturated carbocycles. The second-order valence-electron chi connectivity index (χ2n) is 11.3. The number of urea groups is 1. The second kappa shape index (κ2) is 11.6. The molecule has 3 amide bonds. The predicted molar refractivity (Wildman–Crippen MR) is 163 cm³/mol. The summed E-state index contributed by atoms with van der Waals surface area (Å²) in [5.41, 5.74) is 3.82. The molecule has 5 aromatic rings. The minimum Gasteiger partial charge on any atom is -0.379 e. The van der Waals surface area contributed by atoms with Gasteiger partial charge in [-0.05, 0) is 30.3 Å². The van der Waals surface area contributed by atoms with Gasteiger partial charge in [0.05, 0.1) is 29.1 Å². The second-order valence-corrected chi connectivity index (χ2v) is 12.3. The number of imidazole rings is 1. The van der Waals surface area contributed by atoms with Crippen LogP contribution in [0.15, 0.2) is 59.3 Å². The summed E-state index contributed by atoms with van der Waals surface area (Å²) in [5.74, 6) is 0.974. The molecule has 218 valence electrons. The normalized spacial score (nSPS) is 14.4. The van der Waals surface area contributed by atoms with Gasteiger partial charge in [-0.2, -0.15) is 0 Å². The quantitative estimate of drug-likeness (QED) is 0.239. The monoisotopic (exact) mass is 587 g/mol. The molecule has 3 aromatic heterocycles. The summed E-state index contributed by atoms with van der Waals surface area (Å²) in [5, 5.41) is 12.4. The van der Waals surface area contributed by atoms with Crippen molar-refractivity contribution in [2.45, 2.75) is 26.2 Å². The molecule has 1 saturated heterocycles.